The molecule has 0 unspecified atom stereocenters. The lowest BCUT2D eigenvalue weighted by molar-refractivity contribution is 0.0601. The number of nitrogens with zero attached hydrogens (tertiary/aromatic N) is 1. The van der Waals surface area contributed by atoms with Gasteiger partial charge in [-0.25, -0.2) is 9.18 Å². The number of carbonyl (C=O) groups is 1. The second-order valence-corrected chi connectivity index (χ2v) is 4.07. The number of ether oxygens (including phenoxy) is 1. The van der Waals surface area contributed by atoms with E-state index in [0.29, 0.717) is 17.7 Å². The quantitative estimate of drug-likeness (QED) is 0.871. The van der Waals surface area contributed by atoms with Gasteiger partial charge in [-0.3, -0.25) is 4.98 Å². The molecule has 18 heavy (non-hydrogen) atoms. The van der Waals surface area contributed by atoms with Crippen molar-refractivity contribution in [2.75, 3.05) is 7.11 Å². The van der Waals surface area contributed by atoms with Crippen LogP contribution in [-0.4, -0.2) is 23.0 Å². The number of rotatable bonds is 3. The van der Waals surface area contributed by atoms with Gasteiger partial charge in [0.05, 0.1) is 29.6 Å². The summed E-state index contributed by atoms with van der Waals surface area (Å²) in [7, 11) is 1.31. The Bertz CT molecular complexity index is 583. The van der Waals surface area contributed by atoms with Crippen molar-refractivity contribution < 1.29 is 13.9 Å². The number of aromatic nitrogens is 2. The van der Waals surface area contributed by atoms with E-state index in [2.05, 4.69) is 14.7 Å². The lowest BCUT2D eigenvalue weighted by Gasteiger charge is -2.01. The highest BCUT2D eigenvalue weighted by Gasteiger charge is 2.10. The molecule has 0 atom stereocenters. The zero-order chi connectivity index (χ0) is 13.1. The standard InChI is InChI=1S/C12H10ClFN2O2/c1-18-12(17)7-2-9(15-5-7)4-11-10(13)3-8(14)6-16-11/h2-3,5-6,15H,4H2,1H3. The van der Waals surface area contributed by atoms with Crippen molar-refractivity contribution in [3.05, 3.63) is 52.3 Å². The fourth-order valence-electron chi connectivity index (χ4n) is 1.53. The van der Waals surface area contributed by atoms with Gasteiger partial charge in [0.25, 0.3) is 0 Å². The first-order valence-electron chi connectivity index (χ1n) is 5.15. The maximum atomic E-state index is 12.8. The van der Waals surface area contributed by atoms with Gasteiger partial charge in [-0.05, 0) is 12.1 Å². The highest BCUT2D eigenvalue weighted by atomic mass is 35.5. The summed E-state index contributed by atoms with van der Waals surface area (Å²) in [6.45, 7) is 0. The van der Waals surface area contributed by atoms with E-state index in [1.165, 1.54) is 13.2 Å². The number of aromatic amines is 1. The summed E-state index contributed by atoms with van der Waals surface area (Å²) in [5.41, 5.74) is 1.71. The molecule has 0 aliphatic carbocycles. The van der Waals surface area contributed by atoms with Gasteiger partial charge in [-0.15, -0.1) is 0 Å². The number of pyridine rings is 1. The molecule has 2 rings (SSSR count). The number of methoxy groups -OCH3 is 1. The number of halogens is 2. The lowest BCUT2D eigenvalue weighted by atomic mass is 10.2. The number of carbonyl (C=O) groups excluding carboxylic acids is 1. The molecule has 1 N–H and O–H groups in total. The van der Waals surface area contributed by atoms with E-state index in [9.17, 15) is 9.18 Å². The van der Waals surface area contributed by atoms with E-state index in [-0.39, 0.29) is 5.02 Å². The Morgan fingerprint density at radius 1 is 1.56 bits per heavy atom. The largest absolute Gasteiger partial charge is 0.465 e. The van der Waals surface area contributed by atoms with Gasteiger partial charge < -0.3 is 9.72 Å². The average molecular weight is 269 g/mol. The second-order valence-electron chi connectivity index (χ2n) is 3.66. The van der Waals surface area contributed by atoms with Crippen LogP contribution in [0.4, 0.5) is 4.39 Å². The molecule has 0 saturated carbocycles. The molecule has 2 aromatic rings. The Kier molecular flexibility index (Phi) is 3.62. The van der Waals surface area contributed by atoms with Crippen molar-refractivity contribution >= 4 is 17.6 Å². The van der Waals surface area contributed by atoms with Crippen LogP contribution in [-0.2, 0) is 11.2 Å². The summed E-state index contributed by atoms with van der Waals surface area (Å²) < 4.78 is 17.4. The lowest BCUT2D eigenvalue weighted by Crippen LogP contribution is -1.98. The summed E-state index contributed by atoms with van der Waals surface area (Å²) in [5.74, 6) is -0.902. The maximum absolute atomic E-state index is 12.8. The molecule has 6 heteroatoms. The van der Waals surface area contributed by atoms with Gasteiger partial charge in [-0.1, -0.05) is 11.6 Å². The van der Waals surface area contributed by atoms with Gasteiger partial charge in [-0.2, -0.15) is 0 Å². The monoisotopic (exact) mass is 268 g/mol. The highest BCUT2D eigenvalue weighted by Crippen LogP contribution is 2.18. The molecule has 2 heterocycles. The van der Waals surface area contributed by atoms with E-state index < -0.39 is 11.8 Å². The van der Waals surface area contributed by atoms with E-state index in [1.54, 1.807) is 12.3 Å². The van der Waals surface area contributed by atoms with Crippen LogP contribution in [0.5, 0.6) is 0 Å². The van der Waals surface area contributed by atoms with E-state index >= 15 is 0 Å². The SMILES string of the molecule is COC(=O)c1c[nH]c(Cc2ncc(F)cc2Cl)c1. The Hall–Kier alpha value is -1.88. The van der Waals surface area contributed by atoms with Crippen LogP contribution in [0.25, 0.3) is 0 Å². The number of esters is 1. The summed E-state index contributed by atoms with van der Waals surface area (Å²) in [4.78, 5) is 18.1. The summed E-state index contributed by atoms with van der Waals surface area (Å²) >= 11 is 5.87. The highest BCUT2D eigenvalue weighted by molar-refractivity contribution is 6.31. The van der Waals surface area contributed by atoms with Gasteiger partial charge in [0, 0.05) is 18.3 Å². The third-order valence-corrected chi connectivity index (χ3v) is 2.73. The van der Waals surface area contributed by atoms with Gasteiger partial charge in [0.1, 0.15) is 5.82 Å². The first kappa shape index (κ1) is 12.6. The van der Waals surface area contributed by atoms with Crippen LogP contribution in [0.1, 0.15) is 21.7 Å². The van der Waals surface area contributed by atoms with Crippen molar-refractivity contribution in [1.82, 2.24) is 9.97 Å². The Balaban J connectivity index is 2.18. The number of hydrogen-bond acceptors (Lipinski definition) is 3. The zero-order valence-corrected chi connectivity index (χ0v) is 10.3. The molecular formula is C12H10ClFN2O2. The molecule has 0 aliphatic rings. The van der Waals surface area contributed by atoms with Crippen molar-refractivity contribution in [3.63, 3.8) is 0 Å². The van der Waals surface area contributed by atoms with Crippen molar-refractivity contribution in [2.45, 2.75) is 6.42 Å². The molecule has 0 aliphatic heterocycles. The topological polar surface area (TPSA) is 55.0 Å². The van der Waals surface area contributed by atoms with Crippen LogP contribution in [0.3, 0.4) is 0 Å². The van der Waals surface area contributed by atoms with Crippen LogP contribution in [0.15, 0.2) is 24.5 Å². The number of nitrogens with one attached hydrogen (secondary N) is 1. The summed E-state index contributed by atoms with van der Waals surface area (Å²) in [5, 5.41) is 0.254. The van der Waals surface area contributed by atoms with E-state index in [1.807, 2.05) is 0 Å². The first-order chi connectivity index (χ1) is 8.60. The molecule has 0 amide bonds. The van der Waals surface area contributed by atoms with Gasteiger partial charge in [0.2, 0.25) is 0 Å². The predicted octanol–water partition coefficient (Wildman–Crippen LogP) is 2.58. The van der Waals surface area contributed by atoms with Crippen molar-refractivity contribution in [1.29, 1.82) is 0 Å². The second kappa shape index (κ2) is 5.18. The molecule has 0 radical (unpaired) electrons. The first-order valence-corrected chi connectivity index (χ1v) is 5.53. The molecule has 0 spiro atoms. The Morgan fingerprint density at radius 3 is 3.00 bits per heavy atom. The van der Waals surface area contributed by atoms with Crippen molar-refractivity contribution in [3.8, 4) is 0 Å². The summed E-state index contributed by atoms with van der Waals surface area (Å²) in [6.07, 6.45) is 3.03. The van der Waals surface area contributed by atoms with Crippen LogP contribution in [0.2, 0.25) is 5.02 Å². The van der Waals surface area contributed by atoms with E-state index in [4.69, 9.17) is 11.6 Å². The fraction of sp³-hybridized carbons (Fsp3) is 0.167. The minimum atomic E-state index is -0.481. The smallest absolute Gasteiger partial charge is 0.339 e. The van der Waals surface area contributed by atoms with Crippen LogP contribution < -0.4 is 0 Å². The van der Waals surface area contributed by atoms with Crippen molar-refractivity contribution in [2.24, 2.45) is 0 Å². The Morgan fingerprint density at radius 2 is 2.33 bits per heavy atom. The number of H-pyrrole nitrogens is 1. The average Bonchev–Trinajstić information content (AvgIpc) is 2.80. The van der Waals surface area contributed by atoms with Gasteiger partial charge in [0.15, 0.2) is 0 Å². The van der Waals surface area contributed by atoms with Crippen LogP contribution in [0, 0.1) is 5.82 Å². The van der Waals surface area contributed by atoms with E-state index in [0.717, 1.165) is 11.9 Å². The molecule has 0 aromatic carbocycles. The maximum Gasteiger partial charge on any atom is 0.339 e. The Labute approximate surface area is 108 Å². The fourth-order valence-corrected chi connectivity index (χ4v) is 1.75. The summed E-state index contributed by atoms with van der Waals surface area (Å²) in [6, 6.07) is 2.85. The minimum Gasteiger partial charge on any atom is -0.465 e. The zero-order valence-electron chi connectivity index (χ0n) is 9.54. The molecule has 2 aromatic heterocycles. The number of hydrogen-bond donors (Lipinski definition) is 1. The molecule has 0 bridgehead atoms. The third kappa shape index (κ3) is 2.68. The molecule has 0 fully saturated rings. The normalized spacial score (nSPS) is 10.4. The van der Waals surface area contributed by atoms with Gasteiger partial charge >= 0.3 is 5.97 Å². The predicted molar refractivity (Wildman–Crippen MR) is 64.1 cm³/mol. The van der Waals surface area contributed by atoms with Crippen LogP contribution >= 0.6 is 11.6 Å². The minimum absolute atomic E-state index is 0.254. The molecular weight excluding hydrogens is 259 g/mol. The third-order valence-electron chi connectivity index (χ3n) is 2.41. The molecule has 4 nitrogen and oxygen atoms in total. The molecule has 0 saturated heterocycles. The molecule has 94 valence electrons.